The average molecular weight is 248 g/mol. The molecule has 92 valence electrons. The maximum atomic E-state index is 4.57. The van der Waals surface area contributed by atoms with Gasteiger partial charge in [-0.2, -0.15) is 0 Å². The molecule has 0 spiro atoms. The van der Waals surface area contributed by atoms with Gasteiger partial charge in [-0.05, 0) is 18.4 Å². The molecule has 2 nitrogen and oxygen atoms in total. The Bertz CT molecular complexity index is 375. The molecule has 0 amide bonds. The Hall–Kier alpha value is -0.960. The van der Waals surface area contributed by atoms with Crippen molar-refractivity contribution in [1.29, 1.82) is 0 Å². The molecule has 0 bridgehead atoms. The smallest absolute Gasteiger partial charge is 0.157 e. The normalized spacial score (nSPS) is 21.1. The average Bonchev–Trinajstić information content (AvgIpc) is 2.84. The van der Waals surface area contributed by atoms with Crippen LogP contribution in [-0.4, -0.2) is 17.0 Å². The predicted octanol–water partition coefficient (Wildman–Crippen LogP) is 3.61. The van der Waals surface area contributed by atoms with Gasteiger partial charge in [0.15, 0.2) is 5.17 Å². The summed E-state index contributed by atoms with van der Waals surface area (Å²) in [4.78, 5) is 4.57. The zero-order chi connectivity index (χ0) is 12.1. The molecule has 0 aliphatic carbocycles. The van der Waals surface area contributed by atoms with Gasteiger partial charge in [0.1, 0.15) is 0 Å². The van der Waals surface area contributed by atoms with E-state index in [1.165, 1.54) is 12.0 Å². The van der Waals surface area contributed by atoms with Crippen LogP contribution in [0.3, 0.4) is 0 Å². The highest BCUT2D eigenvalue weighted by Gasteiger charge is 2.20. The molecule has 0 fully saturated rings. The van der Waals surface area contributed by atoms with Crippen molar-refractivity contribution in [3.05, 3.63) is 35.9 Å². The van der Waals surface area contributed by atoms with Gasteiger partial charge in [-0.3, -0.25) is 4.99 Å². The van der Waals surface area contributed by atoms with Crippen LogP contribution in [0.5, 0.6) is 0 Å². The largest absolute Gasteiger partial charge is 0.358 e. The maximum Gasteiger partial charge on any atom is 0.157 e. The Kier molecular flexibility index (Phi) is 4.49. The molecule has 1 aromatic carbocycles. The predicted molar refractivity (Wildman–Crippen MR) is 76.6 cm³/mol. The van der Waals surface area contributed by atoms with Gasteiger partial charge >= 0.3 is 0 Å². The number of thioether (sulfide) groups is 1. The molecule has 0 saturated carbocycles. The molecule has 2 rings (SSSR count). The summed E-state index contributed by atoms with van der Waals surface area (Å²) in [6.45, 7) is 5.40. The number of amidine groups is 1. The van der Waals surface area contributed by atoms with Crippen molar-refractivity contribution >= 4 is 16.9 Å². The van der Waals surface area contributed by atoms with Gasteiger partial charge in [0.05, 0.1) is 12.6 Å². The Labute approximate surface area is 108 Å². The van der Waals surface area contributed by atoms with Crippen molar-refractivity contribution < 1.29 is 0 Å². The van der Waals surface area contributed by atoms with Crippen LogP contribution in [-0.2, 0) is 0 Å². The number of nitrogens with one attached hydrogen (secondary N) is 1. The number of rotatable bonds is 4. The van der Waals surface area contributed by atoms with Crippen molar-refractivity contribution in [3.63, 3.8) is 0 Å². The van der Waals surface area contributed by atoms with E-state index in [1.807, 2.05) is 11.8 Å². The van der Waals surface area contributed by atoms with E-state index in [4.69, 9.17) is 0 Å². The van der Waals surface area contributed by atoms with Crippen LogP contribution in [0.15, 0.2) is 35.3 Å². The van der Waals surface area contributed by atoms with Gasteiger partial charge in [-0.1, -0.05) is 55.9 Å². The van der Waals surface area contributed by atoms with E-state index in [1.54, 1.807) is 0 Å². The Morgan fingerprint density at radius 1 is 1.35 bits per heavy atom. The van der Waals surface area contributed by atoms with E-state index in [2.05, 4.69) is 54.5 Å². The van der Waals surface area contributed by atoms with Crippen LogP contribution in [0.1, 0.15) is 38.3 Å². The molecule has 1 N–H and O–H groups in total. The fraction of sp³-hybridized carbons (Fsp3) is 0.500. The Balaban J connectivity index is 1.97. The van der Waals surface area contributed by atoms with Crippen molar-refractivity contribution in [2.45, 2.75) is 38.0 Å². The van der Waals surface area contributed by atoms with Crippen LogP contribution in [0.2, 0.25) is 0 Å². The van der Waals surface area contributed by atoms with E-state index in [9.17, 15) is 0 Å². The fourth-order valence-corrected chi connectivity index (χ4v) is 2.96. The molecule has 1 aliphatic rings. The highest BCUT2D eigenvalue weighted by atomic mass is 32.2. The molecule has 2 unspecified atom stereocenters. The second-order valence-electron chi connectivity index (χ2n) is 4.31. The number of hydrogen-bond donors (Lipinski definition) is 1. The third kappa shape index (κ3) is 3.25. The first kappa shape index (κ1) is 12.5. The van der Waals surface area contributed by atoms with Crippen LogP contribution in [0.25, 0.3) is 0 Å². The number of hydrogen-bond acceptors (Lipinski definition) is 3. The summed E-state index contributed by atoms with van der Waals surface area (Å²) in [6, 6.07) is 11.0. The third-order valence-electron chi connectivity index (χ3n) is 3.08. The maximum absolute atomic E-state index is 4.57. The first-order valence-electron chi connectivity index (χ1n) is 6.36. The summed E-state index contributed by atoms with van der Waals surface area (Å²) in [7, 11) is 0. The van der Waals surface area contributed by atoms with Crippen molar-refractivity contribution in [3.8, 4) is 0 Å². The fourth-order valence-electron chi connectivity index (χ4n) is 1.96. The van der Waals surface area contributed by atoms with E-state index >= 15 is 0 Å². The van der Waals surface area contributed by atoms with Crippen molar-refractivity contribution in [2.24, 2.45) is 4.99 Å². The molecule has 0 aromatic heterocycles. The van der Waals surface area contributed by atoms with Gasteiger partial charge in [-0.25, -0.2) is 0 Å². The lowest BCUT2D eigenvalue weighted by atomic mass is 10.1. The van der Waals surface area contributed by atoms with Crippen LogP contribution in [0, 0.1) is 0 Å². The number of benzene rings is 1. The van der Waals surface area contributed by atoms with Gasteiger partial charge in [0, 0.05) is 5.25 Å². The molecule has 0 radical (unpaired) electrons. The highest BCUT2D eigenvalue weighted by molar-refractivity contribution is 8.14. The van der Waals surface area contributed by atoms with Gasteiger partial charge < -0.3 is 5.32 Å². The lowest BCUT2D eigenvalue weighted by molar-refractivity contribution is 0.629. The molecule has 17 heavy (non-hydrogen) atoms. The lowest BCUT2D eigenvalue weighted by Gasteiger charge is -2.18. The van der Waals surface area contributed by atoms with Crippen LogP contribution < -0.4 is 5.32 Å². The van der Waals surface area contributed by atoms with Crippen molar-refractivity contribution in [1.82, 2.24) is 5.32 Å². The second kappa shape index (κ2) is 6.10. The third-order valence-corrected chi connectivity index (χ3v) is 4.37. The monoisotopic (exact) mass is 248 g/mol. The topological polar surface area (TPSA) is 24.4 Å². The summed E-state index contributed by atoms with van der Waals surface area (Å²) in [5.41, 5.74) is 1.35. The first-order valence-corrected chi connectivity index (χ1v) is 7.24. The Morgan fingerprint density at radius 2 is 2.12 bits per heavy atom. The summed E-state index contributed by atoms with van der Waals surface area (Å²) < 4.78 is 0. The molecule has 2 atom stereocenters. The minimum atomic E-state index is 0.387. The highest BCUT2D eigenvalue weighted by Crippen LogP contribution is 2.25. The zero-order valence-electron chi connectivity index (χ0n) is 10.5. The molecular formula is C14H20N2S. The number of aliphatic imine (C=N–C) groups is 1. The van der Waals surface area contributed by atoms with E-state index in [0.29, 0.717) is 11.3 Å². The molecule has 1 heterocycles. The molecule has 0 saturated heterocycles. The minimum Gasteiger partial charge on any atom is -0.358 e. The van der Waals surface area contributed by atoms with E-state index in [0.717, 1.165) is 18.1 Å². The number of nitrogens with zero attached hydrogens (tertiary/aromatic N) is 1. The van der Waals surface area contributed by atoms with Gasteiger partial charge in [0.2, 0.25) is 0 Å². The van der Waals surface area contributed by atoms with Crippen molar-refractivity contribution in [2.75, 3.05) is 6.54 Å². The van der Waals surface area contributed by atoms with Crippen LogP contribution in [0.4, 0.5) is 0 Å². The zero-order valence-corrected chi connectivity index (χ0v) is 11.3. The quantitative estimate of drug-likeness (QED) is 0.880. The standard InChI is InChI=1S/C14H20N2S/c1-3-12-10-15-14(17-12)16-13(4-2)11-8-6-5-7-9-11/h5-9,12-13H,3-4,10H2,1-2H3,(H,15,16). The SMILES string of the molecule is CCC1CN=C(NC(CC)c2ccccc2)S1. The van der Waals surface area contributed by atoms with Gasteiger partial charge in [-0.15, -0.1) is 0 Å². The summed E-state index contributed by atoms with van der Waals surface area (Å²) in [6.07, 6.45) is 2.28. The Morgan fingerprint density at radius 3 is 2.71 bits per heavy atom. The molecular weight excluding hydrogens is 228 g/mol. The van der Waals surface area contributed by atoms with Crippen LogP contribution >= 0.6 is 11.8 Å². The first-order chi connectivity index (χ1) is 8.33. The van der Waals surface area contributed by atoms with Gasteiger partial charge in [0.25, 0.3) is 0 Å². The minimum absolute atomic E-state index is 0.387. The molecule has 3 heteroatoms. The summed E-state index contributed by atoms with van der Waals surface area (Å²) in [5.74, 6) is 0. The van der Waals surface area contributed by atoms with E-state index in [-0.39, 0.29) is 0 Å². The second-order valence-corrected chi connectivity index (χ2v) is 5.60. The molecule has 1 aromatic rings. The molecule has 1 aliphatic heterocycles. The lowest BCUT2D eigenvalue weighted by Crippen LogP contribution is -2.25. The summed E-state index contributed by atoms with van der Waals surface area (Å²) >= 11 is 1.89. The van der Waals surface area contributed by atoms with E-state index < -0.39 is 0 Å². The summed E-state index contributed by atoms with van der Waals surface area (Å²) in [5, 5.41) is 5.35.